The van der Waals surface area contributed by atoms with Gasteiger partial charge in [-0.3, -0.25) is 4.79 Å². The van der Waals surface area contributed by atoms with Crippen LogP contribution in [0.4, 0.5) is 0 Å². The van der Waals surface area contributed by atoms with E-state index in [1.165, 1.54) is 6.07 Å². The van der Waals surface area contributed by atoms with Gasteiger partial charge in [-0.05, 0) is 23.8 Å². The van der Waals surface area contributed by atoms with Crippen LogP contribution in [0.1, 0.15) is 10.4 Å². The summed E-state index contributed by atoms with van der Waals surface area (Å²) in [5.74, 6) is -0.198. The summed E-state index contributed by atoms with van der Waals surface area (Å²) in [6.07, 6.45) is 0. The Balaban J connectivity index is 2.51. The third kappa shape index (κ3) is 2.87. The van der Waals surface area contributed by atoms with Gasteiger partial charge in [-0.1, -0.05) is 30.3 Å². The SMILES string of the molecule is CNC(=O)c1ccc(-c2ccccc2S(N)(=O)=O)cc1. The van der Waals surface area contributed by atoms with Crippen molar-refractivity contribution in [2.75, 3.05) is 7.05 Å². The van der Waals surface area contributed by atoms with Crippen LogP contribution in [0, 0.1) is 0 Å². The quantitative estimate of drug-likeness (QED) is 0.894. The average molecular weight is 290 g/mol. The van der Waals surface area contributed by atoms with Crippen LogP contribution in [0.2, 0.25) is 0 Å². The normalized spacial score (nSPS) is 11.1. The van der Waals surface area contributed by atoms with Gasteiger partial charge in [0, 0.05) is 18.2 Å². The first-order valence-corrected chi connectivity index (χ1v) is 7.42. The molecule has 2 aromatic rings. The average Bonchev–Trinajstić information content (AvgIpc) is 2.46. The first kappa shape index (κ1) is 14.2. The summed E-state index contributed by atoms with van der Waals surface area (Å²) in [4.78, 5) is 11.5. The molecule has 0 fully saturated rings. The van der Waals surface area contributed by atoms with Crippen LogP contribution in [0.5, 0.6) is 0 Å². The van der Waals surface area contributed by atoms with Crippen molar-refractivity contribution in [1.29, 1.82) is 0 Å². The first-order valence-electron chi connectivity index (χ1n) is 5.88. The molecule has 0 saturated heterocycles. The number of nitrogens with two attached hydrogens (primary N) is 1. The molecule has 0 spiro atoms. The minimum atomic E-state index is -3.79. The second kappa shape index (κ2) is 5.44. The first-order chi connectivity index (χ1) is 9.43. The monoisotopic (exact) mass is 290 g/mol. The Morgan fingerprint density at radius 2 is 1.65 bits per heavy atom. The Hall–Kier alpha value is -2.18. The molecule has 0 aliphatic heterocycles. The van der Waals surface area contributed by atoms with Crippen molar-refractivity contribution in [3.63, 3.8) is 0 Å². The van der Waals surface area contributed by atoms with Gasteiger partial charge in [0.2, 0.25) is 10.0 Å². The fraction of sp³-hybridized carbons (Fsp3) is 0.0714. The Kier molecular flexibility index (Phi) is 3.87. The number of primary sulfonamides is 1. The standard InChI is InChI=1S/C14H14N2O3S/c1-16-14(17)11-8-6-10(7-9-11)12-4-2-3-5-13(12)20(15,18)19/h2-9H,1H3,(H,16,17)(H2,15,18,19). The molecule has 6 heteroatoms. The van der Waals surface area contributed by atoms with Gasteiger partial charge in [0.1, 0.15) is 0 Å². The van der Waals surface area contributed by atoms with Gasteiger partial charge in [0.15, 0.2) is 0 Å². The van der Waals surface area contributed by atoms with Crippen molar-refractivity contribution in [2.24, 2.45) is 5.14 Å². The molecule has 104 valence electrons. The van der Waals surface area contributed by atoms with Crippen LogP contribution in [-0.2, 0) is 10.0 Å². The number of benzene rings is 2. The van der Waals surface area contributed by atoms with E-state index in [9.17, 15) is 13.2 Å². The van der Waals surface area contributed by atoms with Crippen molar-refractivity contribution in [2.45, 2.75) is 4.90 Å². The van der Waals surface area contributed by atoms with Crippen LogP contribution in [0.15, 0.2) is 53.4 Å². The summed E-state index contributed by atoms with van der Waals surface area (Å²) < 4.78 is 23.1. The lowest BCUT2D eigenvalue weighted by Crippen LogP contribution is -2.17. The minimum Gasteiger partial charge on any atom is -0.355 e. The lowest BCUT2D eigenvalue weighted by molar-refractivity contribution is 0.0963. The zero-order valence-corrected chi connectivity index (χ0v) is 11.6. The number of nitrogens with one attached hydrogen (secondary N) is 1. The van der Waals surface area contributed by atoms with Crippen LogP contribution < -0.4 is 10.5 Å². The smallest absolute Gasteiger partial charge is 0.251 e. The third-order valence-corrected chi connectivity index (χ3v) is 3.85. The number of amides is 1. The number of carbonyl (C=O) groups excluding carboxylic acids is 1. The predicted molar refractivity (Wildman–Crippen MR) is 76.6 cm³/mol. The molecule has 5 nitrogen and oxygen atoms in total. The number of hydrogen-bond acceptors (Lipinski definition) is 3. The van der Waals surface area contributed by atoms with Gasteiger partial charge >= 0.3 is 0 Å². The van der Waals surface area contributed by atoms with Crippen LogP contribution in [0.25, 0.3) is 11.1 Å². The Bertz CT molecular complexity index is 737. The number of rotatable bonds is 3. The fourth-order valence-corrected chi connectivity index (χ4v) is 2.66. The zero-order chi connectivity index (χ0) is 14.8. The highest BCUT2D eigenvalue weighted by atomic mass is 32.2. The summed E-state index contributed by atoms with van der Waals surface area (Å²) >= 11 is 0. The molecule has 20 heavy (non-hydrogen) atoms. The largest absolute Gasteiger partial charge is 0.355 e. The molecular formula is C14H14N2O3S. The van der Waals surface area contributed by atoms with E-state index in [0.717, 1.165) is 0 Å². The molecule has 0 heterocycles. The zero-order valence-electron chi connectivity index (χ0n) is 10.8. The predicted octanol–water partition coefficient (Wildman–Crippen LogP) is 1.36. The van der Waals surface area contributed by atoms with E-state index >= 15 is 0 Å². The van der Waals surface area contributed by atoms with Crippen LogP contribution in [0.3, 0.4) is 0 Å². The highest BCUT2D eigenvalue weighted by Gasteiger charge is 2.14. The molecule has 2 aromatic carbocycles. The molecule has 0 aliphatic rings. The van der Waals surface area contributed by atoms with E-state index in [2.05, 4.69) is 5.32 Å². The van der Waals surface area contributed by atoms with Gasteiger partial charge < -0.3 is 5.32 Å². The lowest BCUT2D eigenvalue weighted by atomic mass is 10.0. The van der Waals surface area contributed by atoms with Gasteiger partial charge in [0.05, 0.1) is 4.90 Å². The Morgan fingerprint density at radius 3 is 2.20 bits per heavy atom. The Labute approximate surface area is 117 Å². The molecule has 0 bridgehead atoms. The molecule has 0 saturated carbocycles. The van der Waals surface area contributed by atoms with Crippen LogP contribution >= 0.6 is 0 Å². The van der Waals surface area contributed by atoms with E-state index in [1.54, 1.807) is 49.5 Å². The molecule has 3 N–H and O–H groups in total. The minimum absolute atomic E-state index is 0.0627. The summed E-state index contributed by atoms with van der Waals surface area (Å²) in [6.45, 7) is 0. The summed E-state index contributed by atoms with van der Waals surface area (Å²) in [6, 6.07) is 13.1. The maximum Gasteiger partial charge on any atom is 0.251 e. The maximum atomic E-state index is 11.6. The molecule has 1 amide bonds. The lowest BCUT2D eigenvalue weighted by Gasteiger charge is -2.08. The van der Waals surface area contributed by atoms with E-state index in [1.807, 2.05) is 0 Å². The molecule has 0 atom stereocenters. The summed E-state index contributed by atoms with van der Waals surface area (Å²) in [5.41, 5.74) is 1.70. The van der Waals surface area contributed by atoms with Crippen LogP contribution in [-0.4, -0.2) is 21.4 Å². The second-order valence-corrected chi connectivity index (χ2v) is 5.73. The molecule has 0 aliphatic carbocycles. The highest BCUT2D eigenvalue weighted by Crippen LogP contribution is 2.26. The van der Waals surface area contributed by atoms with Crippen molar-refractivity contribution in [1.82, 2.24) is 5.32 Å². The van der Waals surface area contributed by atoms with Crippen molar-refractivity contribution in [3.8, 4) is 11.1 Å². The number of hydrogen-bond donors (Lipinski definition) is 2. The highest BCUT2D eigenvalue weighted by molar-refractivity contribution is 7.89. The third-order valence-electron chi connectivity index (χ3n) is 2.88. The van der Waals surface area contributed by atoms with Gasteiger partial charge in [0.25, 0.3) is 5.91 Å². The maximum absolute atomic E-state index is 11.6. The van der Waals surface area contributed by atoms with E-state index in [4.69, 9.17) is 5.14 Å². The van der Waals surface area contributed by atoms with E-state index in [-0.39, 0.29) is 10.8 Å². The Morgan fingerprint density at radius 1 is 1.05 bits per heavy atom. The molecule has 2 rings (SSSR count). The van der Waals surface area contributed by atoms with Crippen molar-refractivity contribution < 1.29 is 13.2 Å². The fourth-order valence-electron chi connectivity index (χ4n) is 1.90. The number of carbonyl (C=O) groups is 1. The van der Waals surface area contributed by atoms with Gasteiger partial charge in [-0.25, -0.2) is 13.6 Å². The van der Waals surface area contributed by atoms with Gasteiger partial charge in [-0.2, -0.15) is 0 Å². The molecule has 0 aromatic heterocycles. The van der Waals surface area contributed by atoms with Crippen molar-refractivity contribution in [3.05, 3.63) is 54.1 Å². The topological polar surface area (TPSA) is 89.3 Å². The summed E-state index contributed by atoms with van der Waals surface area (Å²) in [7, 11) is -2.24. The molecule has 0 unspecified atom stereocenters. The molecule has 0 radical (unpaired) electrons. The second-order valence-electron chi connectivity index (χ2n) is 4.20. The summed E-state index contributed by atoms with van der Waals surface area (Å²) in [5, 5.41) is 7.72. The van der Waals surface area contributed by atoms with Crippen molar-refractivity contribution >= 4 is 15.9 Å². The molecular weight excluding hydrogens is 276 g/mol. The van der Waals surface area contributed by atoms with Gasteiger partial charge in [-0.15, -0.1) is 0 Å². The number of sulfonamides is 1. The van der Waals surface area contributed by atoms with E-state index in [0.29, 0.717) is 16.7 Å². The van der Waals surface area contributed by atoms with E-state index < -0.39 is 10.0 Å².